The summed E-state index contributed by atoms with van der Waals surface area (Å²) in [6.45, 7) is 1.89. The first-order chi connectivity index (χ1) is 18.0. The Morgan fingerprint density at radius 3 is 2.84 bits per heavy atom. The van der Waals surface area contributed by atoms with E-state index in [0.29, 0.717) is 39.6 Å². The summed E-state index contributed by atoms with van der Waals surface area (Å²) in [7, 11) is 0. The second-order valence-corrected chi connectivity index (χ2v) is 9.05. The van der Waals surface area contributed by atoms with Crippen LogP contribution in [0.15, 0.2) is 49.4 Å². The lowest BCUT2D eigenvalue weighted by molar-refractivity contribution is -0.117. The number of pyridine rings is 3. The molecule has 0 aliphatic heterocycles. The smallest absolute Gasteiger partial charge is 0.227 e. The molecule has 0 unspecified atom stereocenters. The van der Waals surface area contributed by atoms with Gasteiger partial charge >= 0.3 is 0 Å². The minimum absolute atomic E-state index is 0.0423. The van der Waals surface area contributed by atoms with Crippen LogP contribution in [0.2, 0.25) is 0 Å². The second-order valence-electron chi connectivity index (χ2n) is 9.05. The van der Waals surface area contributed by atoms with Crippen molar-refractivity contribution in [1.29, 1.82) is 0 Å². The number of aromatic amines is 2. The van der Waals surface area contributed by atoms with E-state index in [-0.39, 0.29) is 22.9 Å². The van der Waals surface area contributed by atoms with E-state index in [4.69, 9.17) is 4.98 Å². The number of hydrogen-bond acceptors (Lipinski definition) is 7. The molecule has 6 heterocycles. The average molecular weight is 494 g/mol. The summed E-state index contributed by atoms with van der Waals surface area (Å²) in [5.74, 6) is 0.398. The fraction of sp³-hybridized carbons (Fsp3) is 0.160. The number of halogens is 1. The molecule has 3 N–H and O–H groups in total. The lowest BCUT2D eigenvalue weighted by Gasteiger charge is -2.07. The predicted octanol–water partition coefficient (Wildman–Crippen LogP) is 3.94. The number of rotatable bonds is 5. The van der Waals surface area contributed by atoms with Crippen molar-refractivity contribution in [3.05, 3.63) is 61.0 Å². The van der Waals surface area contributed by atoms with E-state index < -0.39 is 5.82 Å². The highest BCUT2D eigenvalue weighted by atomic mass is 19.1. The van der Waals surface area contributed by atoms with E-state index in [2.05, 4.69) is 40.4 Å². The highest BCUT2D eigenvalue weighted by molar-refractivity contribution is 5.97. The summed E-state index contributed by atoms with van der Waals surface area (Å²) >= 11 is 0. The maximum atomic E-state index is 16.0. The number of nitrogens with zero attached hydrogens (tertiary/aromatic N) is 7. The Kier molecular flexibility index (Phi) is 4.61. The van der Waals surface area contributed by atoms with Crippen LogP contribution in [0.4, 0.5) is 10.1 Å². The van der Waals surface area contributed by atoms with Crippen molar-refractivity contribution in [2.24, 2.45) is 5.92 Å². The summed E-state index contributed by atoms with van der Waals surface area (Å²) in [5, 5.41) is 10.3. The predicted molar refractivity (Wildman–Crippen MR) is 133 cm³/mol. The van der Waals surface area contributed by atoms with Crippen LogP contribution in [0.1, 0.15) is 18.5 Å². The highest BCUT2D eigenvalue weighted by Crippen LogP contribution is 2.34. The molecule has 6 aromatic rings. The number of aromatic nitrogens is 9. The summed E-state index contributed by atoms with van der Waals surface area (Å²) in [6.07, 6.45) is 11.5. The highest BCUT2D eigenvalue weighted by Gasteiger charge is 2.29. The van der Waals surface area contributed by atoms with Crippen LogP contribution < -0.4 is 5.32 Å². The molecule has 0 radical (unpaired) electrons. The minimum atomic E-state index is -0.572. The van der Waals surface area contributed by atoms with Gasteiger partial charge in [-0.3, -0.25) is 24.4 Å². The molecule has 1 aliphatic carbocycles. The molecule has 0 bridgehead atoms. The molecule has 1 saturated carbocycles. The van der Waals surface area contributed by atoms with Gasteiger partial charge in [0.1, 0.15) is 23.2 Å². The van der Waals surface area contributed by atoms with Crippen molar-refractivity contribution in [2.45, 2.75) is 19.8 Å². The van der Waals surface area contributed by atoms with Gasteiger partial charge in [0, 0.05) is 30.1 Å². The lowest BCUT2D eigenvalue weighted by atomic mass is 10.1. The summed E-state index contributed by atoms with van der Waals surface area (Å²) in [4.78, 5) is 37.3. The maximum absolute atomic E-state index is 16.0. The zero-order valence-electron chi connectivity index (χ0n) is 19.5. The van der Waals surface area contributed by atoms with Gasteiger partial charge in [-0.15, -0.1) is 0 Å². The normalized spacial score (nSPS) is 13.5. The number of fused-ring (bicyclic) bond motifs is 2. The molecule has 0 saturated heterocycles. The third-order valence-corrected chi connectivity index (χ3v) is 6.33. The molecular weight excluding hydrogens is 475 g/mol. The number of amides is 1. The quantitative estimate of drug-likeness (QED) is 0.329. The number of hydrogen-bond donors (Lipinski definition) is 3. The van der Waals surface area contributed by atoms with Gasteiger partial charge in [-0.25, -0.2) is 19.3 Å². The number of aryl methyl sites for hydroxylation is 1. The fourth-order valence-corrected chi connectivity index (χ4v) is 4.34. The van der Waals surface area contributed by atoms with Crippen LogP contribution >= 0.6 is 0 Å². The average Bonchev–Trinajstić information content (AvgIpc) is 3.29. The topological polar surface area (TPSA) is 143 Å². The van der Waals surface area contributed by atoms with Crippen molar-refractivity contribution >= 4 is 33.5 Å². The van der Waals surface area contributed by atoms with Gasteiger partial charge in [-0.2, -0.15) is 5.10 Å². The number of H-pyrrole nitrogens is 2. The molecule has 0 spiro atoms. The first-order valence-electron chi connectivity index (χ1n) is 11.7. The first kappa shape index (κ1) is 21.3. The molecule has 182 valence electrons. The number of carbonyl (C=O) groups is 1. The van der Waals surface area contributed by atoms with Crippen LogP contribution in [-0.2, 0) is 4.79 Å². The summed E-state index contributed by atoms with van der Waals surface area (Å²) < 4.78 is 17.8. The van der Waals surface area contributed by atoms with Crippen molar-refractivity contribution in [1.82, 2.24) is 44.7 Å². The standard InChI is InChI=1S/C25H19FN10O/c1-12-10-36(11-30-12)24-21-16(4-5-28-24)32-23(33-21)22-18-17(34-35-22)9-29-20(19(18)26)14-6-15(8-27-7-14)31-25(37)13-2-3-13/h4-11,13H,2-3H2,1H3,(H,31,37)(H,32,33)(H,34,35). The van der Waals surface area contributed by atoms with Gasteiger partial charge in [-0.05, 0) is 31.9 Å². The molecular formula is C25H19FN10O. The molecule has 11 nitrogen and oxygen atoms in total. The Morgan fingerprint density at radius 2 is 2.03 bits per heavy atom. The minimum Gasteiger partial charge on any atom is -0.336 e. The molecule has 1 fully saturated rings. The van der Waals surface area contributed by atoms with E-state index in [1.807, 2.05) is 13.1 Å². The number of imidazole rings is 2. The Balaban J connectivity index is 1.32. The van der Waals surface area contributed by atoms with E-state index >= 15 is 4.39 Å². The van der Waals surface area contributed by atoms with Gasteiger partial charge < -0.3 is 10.3 Å². The Bertz CT molecular complexity index is 1830. The second kappa shape index (κ2) is 8.01. The first-order valence-corrected chi connectivity index (χ1v) is 11.7. The number of anilines is 1. The van der Waals surface area contributed by atoms with Crippen molar-refractivity contribution in [3.63, 3.8) is 0 Å². The van der Waals surface area contributed by atoms with E-state index in [0.717, 1.165) is 24.1 Å². The molecule has 1 amide bonds. The third-order valence-electron chi connectivity index (χ3n) is 6.33. The SMILES string of the molecule is Cc1cn(-c2nccc3[nH]c(-c4n[nH]c5cnc(-c6cncc(NC(=O)C7CC7)c6)c(F)c45)nc23)cn1. The van der Waals surface area contributed by atoms with Crippen molar-refractivity contribution in [3.8, 4) is 28.6 Å². The van der Waals surface area contributed by atoms with Crippen LogP contribution in [0, 0.1) is 18.7 Å². The molecule has 37 heavy (non-hydrogen) atoms. The van der Waals surface area contributed by atoms with Gasteiger partial charge in [0.05, 0.1) is 40.2 Å². The Morgan fingerprint density at radius 1 is 1.14 bits per heavy atom. The van der Waals surface area contributed by atoms with E-state index in [1.54, 1.807) is 29.2 Å². The molecule has 12 heteroatoms. The Hall–Kier alpha value is -5.00. The van der Waals surface area contributed by atoms with Crippen molar-refractivity contribution in [2.75, 3.05) is 5.32 Å². The van der Waals surface area contributed by atoms with E-state index in [1.165, 1.54) is 18.6 Å². The number of carbonyl (C=O) groups excluding carboxylic acids is 1. The van der Waals surface area contributed by atoms with E-state index in [9.17, 15) is 4.79 Å². The van der Waals surface area contributed by atoms with Gasteiger partial charge in [0.15, 0.2) is 17.5 Å². The largest absolute Gasteiger partial charge is 0.336 e. The third kappa shape index (κ3) is 3.61. The molecule has 7 rings (SSSR count). The molecule has 0 aromatic carbocycles. The van der Waals surface area contributed by atoms with Crippen LogP contribution in [0.5, 0.6) is 0 Å². The molecule has 6 aromatic heterocycles. The summed E-state index contributed by atoms with van der Waals surface area (Å²) in [5.41, 5.74) is 3.93. The summed E-state index contributed by atoms with van der Waals surface area (Å²) in [6, 6.07) is 3.46. The van der Waals surface area contributed by atoms with Crippen LogP contribution in [-0.4, -0.2) is 50.6 Å². The van der Waals surface area contributed by atoms with Gasteiger partial charge in [0.25, 0.3) is 0 Å². The number of nitrogens with one attached hydrogen (secondary N) is 3. The Labute approximate surface area is 208 Å². The zero-order valence-corrected chi connectivity index (χ0v) is 19.5. The molecule has 0 atom stereocenters. The van der Waals surface area contributed by atoms with Crippen molar-refractivity contribution < 1.29 is 9.18 Å². The lowest BCUT2D eigenvalue weighted by Crippen LogP contribution is -2.13. The van der Waals surface area contributed by atoms with Gasteiger partial charge in [-0.1, -0.05) is 0 Å². The van der Waals surface area contributed by atoms with Gasteiger partial charge in [0.2, 0.25) is 5.91 Å². The van der Waals surface area contributed by atoms with Crippen LogP contribution in [0.25, 0.3) is 50.5 Å². The van der Waals surface area contributed by atoms with Crippen LogP contribution in [0.3, 0.4) is 0 Å². The monoisotopic (exact) mass is 494 g/mol. The maximum Gasteiger partial charge on any atom is 0.227 e. The zero-order chi connectivity index (χ0) is 25.1. The fourth-order valence-electron chi connectivity index (χ4n) is 4.34. The molecule has 1 aliphatic rings.